The van der Waals surface area contributed by atoms with E-state index in [-0.39, 0.29) is 11.8 Å². The number of piperidine rings is 1. The van der Waals surface area contributed by atoms with E-state index in [4.69, 9.17) is 4.74 Å². The maximum atomic E-state index is 11.9. The molecule has 1 aliphatic heterocycles. The van der Waals surface area contributed by atoms with E-state index in [1.165, 1.54) is 0 Å². The highest BCUT2D eigenvalue weighted by Crippen LogP contribution is 2.10. The van der Waals surface area contributed by atoms with Gasteiger partial charge in [0, 0.05) is 31.5 Å². The minimum Gasteiger partial charge on any atom is -0.383 e. The monoisotopic (exact) mass is 334 g/mol. The number of hydrogen-bond donors (Lipinski definition) is 4. The van der Waals surface area contributed by atoms with Crippen LogP contribution in [-0.4, -0.2) is 50.7 Å². The van der Waals surface area contributed by atoms with Crippen LogP contribution in [0.4, 0.5) is 10.5 Å². The quantitative estimate of drug-likeness (QED) is 0.567. The van der Waals surface area contributed by atoms with Crippen molar-refractivity contribution in [2.24, 2.45) is 0 Å². The molecule has 8 nitrogen and oxygen atoms in total. The summed E-state index contributed by atoms with van der Waals surface area (Å²) in [5.41, 5.74) is 1.03. The Morgan fingerprint density at radius 3 is 2.71 bits per heavy atom. The fourth-order valence-electron chi connectivity index (χ4n) is 2.31. The summed E-state index contributed by atoms with van der Waals surface area (Å²) in [6.45, 7) is 1.52. The Bertz CT molecular complexity index is 588. The third-order valence-electron chi connectivity index (χ3n) is 3.59. The van der Waals surface area contributed by atoms with E-state index >= 15 is 0 Å². The molecule has 1 saturated heterocycles. The van der Waals surface area contributed by atoms with E-state index < -0.39 is 12.1 Å². The Morgan fingerprint density at radius 2 is 2.04 bits per heavy atom. The second-order valence-corrected chi connectivity index (χ2v) is 5.41. The first kappa shape index (κ1) is 17.7. The summed E-state index contributed by atoms with van der Waals surface area (Å²) >= 11 is 0. The second kappa shape index (κ2) is 8.88. The summed E-state index contributed by atoms with van der Waals surface area (Å²) in [7, 11) is 1.56. The molecule has 8 heteroatoms. The van der Waals surface area contributed by atoms with Gasteiger partial charge in [0.25, 0.3) is 5.91 Å². The van der Waals surface area contributed by atoms with Crippen LogP contribution in [0, 0.1) is 0 Å². The lowest BCUT2D eigenvalue weighted by atomic mass is 10.1. The Morgan fingerprint density at radius 1 is 1.29 bits per heavy atom. The molecule has 1 atom stereocenters. The molecule has 0 radical (unpaired) electrons. The molecule has 4 N–H and O–H groups in total. The van der Waals surface area contributed by atoms with Crippen molar-refractivity contribution in [1.29, 1.82) is 0 Å². The first-order valence-corrected chi connectivity index (χ1v) is 7.82. The van der Waals surface area contributed by atoms with Crippen LogP contribution in [-0.2, 0) is 9.53 Å². The molecule has 24 heavy (non-hydrogen) atoms. The molecule has 0 spiro atoms. The van der Waals surface area contributed by atoms with Crippen molar-refractivity contribution in [3.05, 3.63) is 29.8 Å². The smallest absolute Gasteiger partial charge is 0.319 e. The highest BCUT2D eigenvalue weighted by molar-refractivity contribution is 5.96. The average molecular weight is 334 g/mol. The molecular weight excluding hydrogens is 312 g/mol. The Balaban J connectivity index is 1.83. The predicted molar refractivity (Wildman–Crippen MR) is 88.8 cm³/mol. The summed E-state index contributed by atoms with van der Waals surface area (Å²) < 4.78 is 4.86. The second-order valence-electron chi connectivity index (χ2n) is 5.41. The molecule has 1 aromatic rings. The van der Waals surface area contributed by atoms with Gasteiger partial charge in [0.15, 0.2) is 0 Å². The summed E-state index contributed by atoms with van der Waals surface area (Å²) in [5, 5.41) is 10.7. The fourth-order valence-corrected chi connectivity index (χ4v) is 2.31. The van der Waals surface area contributed by atoms with Crippen LogP contribution in [0.25, 0.3) is 0 Å². The van der Waals surface area contributed by atoms with Crippen LogP contribution in [0.1, 0.15) is 23.2 Å². The third-order valence-corrected chi connectivity index (χ3v) is 3.59. The number of hydrogen-bond acceptors (Lipinski definition) is 4. The highest BCUT2D eigenvalue weighted by Gasteiger charge is 2.23. The number of benzene rings is 1. The molecule has 1 heterocycles. The molecule has 0 saturated carbocycles. The van der Waals surface area contributed by atoms with Crippen LogP contribution in [0.3, 0.4) is 0 Å². The molecule has 1 aliphatic rings. The molecule has 2 rings (SSSR count). The van der Waals surface area contributed by atoms with Gasteiger partial charge in [-0.3, -0.25) is 9.59 Å². The van der Waals surface area contributed by atoms with E-state index in [0.29, 0.717) is 37.4 Å². The Hall–Kier alpha value is -2.61. The maximum absolute atomic E-state index is 11.9. The lowest BCUT2D eigenvalue weighted by molar-refractivity contribution is -0.124. The van der Waals surface area contributed by atoms with E-state index in [1.807, 2.05) is 0 Å². The number of rotatable bonds is 6. The van der Waals surface area contributed by atoms with Crippen molar-refractivity contribution in [1.82, 2.24) is 16.0 Å². The summed E-state index contributed by atoms with van der Waals surface area (Å²) in [5.74, 6) is -0.374. The van der Waals surface area contributed by atoms with Crippen LogP contribution in [0.2, 0.25) is 0 Å². The molecule has 0 bridgehead atoms. The fraction of sp³-hybridized carbons (Fsp3) is 0.438. The van der Waals surface area contributed by atoms with Crippen LogP contribution in [0.15, 0.2) is 24.3 Å². The van der Waals surface area contributed by atoms with Crippen LogP contribution < -0.4 is 21.3 Å². The van der Waals surface area contributed by atoms with E-state index in [2.05, 4.69) is 21.3 Å². The highest BCUT2D eigenvalue weighted by atomic mass is 16.5. The minimum absolute atomic E-state index is 0.167. The first-order valence-electron chi connectivity index (χ1n) is 7.82. The Labute approximate surface area is 140 Å². The van der Waals surface area contributed by atoms with Gasteiger partial charge in [-0.05, 0) is 37.1 Å². The topological polar surface area (TPSA) is 109 Å². The molecular formula is C16H22N4O4. The van der Waals surface area contributed by atoms with Crippen molar-refractivity contribution >= 4 is 23.5 Å². The van der Waals surface area contributed by atoms with Gasteiger partial charge in [-0.1, -0.05) is 0 Å². The summed E-state index contributed by atoms with van der Waals surface area (Å²) in [6.07, 6.45) is 1.46. The molecule has 0 aliphatic carbocycles. The zero-order valence-corrected chi connectivity index (χ0v) is 13.6. The number of urea groups is 1. The number of anilines is 1. The normalized spacial score (nSPS) is 16.9. The van der Waals surface area contributed by atoms with Gasteiger partial charge in [-0.15, -0.1) is 0 Å². The number of carbonyl (C=O) groups excluding carboxylic acids is 3. The van der Waals surface area contributed by atoms with E-state index in [9.17, 15) is 14.4 Å². The zero-order valence-electron chi connectivity index (χ0n) is 13.6. The summed E-state index contributed by atoms with van der Waals surface area (Å²) in [6, 6.07) is 5.53. The van der Waals surface area contributed by atoms with Crippen molar-refractivity contribution in [2.75, 3.05) is 32.1 Å². The van der Waals surface area contributed by atoms with Gasteiger partial charge in [0.05, 0.1) is 6.61 Å². The van der Waals surface area contributed by atoms with E-state index in [0.717, 1.165) is 6.42 Å². The van der Waals surface area contributed by atoms with Crippen molar-refractivity contribution in [3.8, 4) is 0 Å². The average Bonchev–Trinajstić information content (AvgIpc) is 2.58. The van der Waals surface area contributed by atoms with Crippen molar-refractivity contribution < 1.29 is 19.1 Å². The summed E-state index contributed by atoms with van der Waals surface area (Å²) in [4.78, 5) is 35.4. The zero-order chi connectivity index (χ0) is 17.4. The molecule has 130 valence electrons. The predicted octanol–water partition coefficient (Wildman–Crippen LogP) is 0.463. The van der Waals surface area contributed by atoms with E-state index in [1.54, 1.807) is 31.4 Å². The molecule has 4 amide bonds. The number of methoxy groups -OCH3 is 1. The van der Waals surface area contributed by atoms with Gasteiger partial charge < -0.3 is 26.0 Å². The van der Waals surface area contributed by atoms with Gasteiger partial charge in [-0.2, -0.15) is 0 Å². The van der Waals surface area contributed by atoms with Crippen LogP contribution in [0.5, 0.6) is 0 Å². The van der Waals surface area contributed by atoms with Gasteiger partial charge >= 0.3 is 6.03 Å². The van der Waals surface area contributed by atoms with Crippen molar-refractivity contribution in [2.45, 2.75) is 18.9 Å². The molecule has 0 unspecified atom stereocenters. The number of carbonyl (C=O) groups is 3. The largest absolute Gasteiger partial charge is 0.383 e. The van der Waals surface area contributed by atoms with Gasteiger partial charge in [-0.25, -0.2) is 4.79 Å². The van der Waals surface area contributed by atoms with Gasteiger partial charge in [0.2, 0.25) is 5.91 Å². The third kappa shape index (κ3) is 5.24. The first-order chi connectivity index (χ1) is 11.6. The number of ether oxygens (including phenoxy) is 1. The van der Waals surface area contributed by atoms with Crippen LogP contribution >= 0.6 is 0 Å². The molecule has 1 aromatic carbocycles. The minimum atomic E-state index is -0.510. The number of nitrogens with one attached hydrogen (secondary N) is 4. The standard InChI is InChI=1S/C16H22N4O4/c1-24-10-9-18-14(21)11-4-6-12(7-5-11)19-16(23)20-13-3-2-8-17-15(13)22/h4-7,13H,2-3,8-10H2,1H3,(H,17,22)(H,18,21)(H2,19,20,23)/t13-/m0/s1. The lowest BCUT2D eigenvalue weighted by Gasteiger charge is -2.22. The Kier molecular flexibility index (Phi) is 6.56. The van der Waals surface area contributed by atoms with Crippen molar-refractivity contribution in [3.63, 3.8) is 0 Å². The lowest BCUT2D eigenvalue weighted by Crippen LogP contribution is -2.51. The molecule has 0 aromatic heterocycles. The maximum Gasteiger partial charge on any atom is 0.319 e. The SMILES string of the molecule is COCCNC(=O)c1ccc(NC(=O)N[C@H]2CCCNC2=O)cc1. The van der Waals surface area contributed by atoms with Gasteiger partial charge in [0.1, 0.15) is 6.04 Å². The number of amides is 4. The molecule has 1 fully saturated rings.